The van der Waals surface area contributed by atoms with Crippen LogP contribution < -0.4 is 4.74 Å². The number of alkyl halides is 3. The van der Waals surface area contributed by atoms with Gasteiger partial charge in [0.2, 0.25) is 11.7 Å². The molecule has 1 atom stereocenters. The number of aromatic nitrogens is 4. The molecule has 30 heavy (non-hydrogen) atoms. The Morgan fingerprint density at radius 2 is 1.80 bits per heavy atom. The normalized spacial score (nSPS) is 15.4. The van der Waals surface area contributed by atoms with E-state index in [1.807, 2.05) is 20.8 Å². The van der Waals surface area contributed by atoms with Gasteiger partial charge in [0.15, 0.2) is 5.82 Å². The predicted octanol–water partition coefficient (Wildman–Crippen LogP) is 5.21. The number of aryl methyl sites for hydroxylation is 2. The number of halogens is 3. The molecule has 0 N–H and O–H groups in total. The lowest BCUT2D eigenvalue weighted by Crippen LogP contribution is -2.12. The molecule has 160 valence electrons. The molecule has 4 rings (SSSR count). The minimum Gasteiger partial charge on any atom is -0.492 e. The second kappa shape index (κ2) is 7.73. The van der Waals surface area contributed by atoms with Crippen LogP contribution >= 0.6 is 0 Å². The van der Waals surface area contributed by atoms with E-state index in [0.717, 1.165) is 30.4 Å². The predicted molar refractivity (Wildman–Crippen MR) is 99.0 cm³/mol. The molecule has 0 saturated heterocycles. The molecule has 7 nitrogen and oxygen atoms in total. The van der Waals surface area contributed by atoms with Crippen molar-refractivity contribution in [3.05, 3.63) is 40.9 Å². The van der Waals surface area contributed by atoms with Crippen molar-refractivity contribution in [2.24, 2.45) is 0 Å². The molecular weight excluding hydrogens is 401 g/mol. The average molecular weight is 422 g/mol. The topological polar surface area (TPSA) is 87.1 Å². The van der Waals surface area contributed by atoms with Crippen LogP contribution in [0.4, 0.5) is 13.2 Å². The number of benzene rings is 1. The highest BCUT2D eigenvalue weighted by atomic mass is 19.4. The van der Waals surface area contributed by atoms with Gasteiger partial charge < -0.3 is 13.8 Å². The van der Waals surface area contributed by atoms with Crippen molar-refractivity contribution in [2.75, 3.05) is 6.61 Å². The van der Waals surface area contributed by atoms with E-state index in [0.29, 0.717) is 35.6 Å². The average Bonchev–Trinajstić information content (AvgIpc) is 3.20. The number of hydrogen-bond donors (Lipinski definition) is 0. The zero-order chi connectivity index (χ0) is 21.5. The summed E-state index contributed by atoms with van der Waals surface area (Å²) in [6.45, 7) is 6.02. The van der Waals surface area contributed by atoms with Gasteiger partial charge in [-0.25, -0.2) is 0 Å². The summed E-state index contributed by atoms with van der Waals surface area (Å²) in [6.07, 6.45) is -1.72. The van der Waals surface area contributed by atoms with E-state index < -0.39 is 12.1 Å². The summed E-state index contributed by atoms with van der Waals surface area (Å²) in [4.78, 5) is 7.94. The standard InChI is InChI=1S/C20H21F3N4O3/c1-4-12(16-24-18(29-26-16)13-5-6-13)9-28-15-10(2)7-14(8-11(15)3)17-25-19(30-27-17)20(21,22)23/h7-8,12-13H,4-6,9H2,1-3H3. The highest BCUT2D eigenvalue weighted by Crippen LogP contribution is 2.39. The molecule has 1 aliphatic rings. The third kappa shape index (κ3) is 4.17. The number of ether oxygens (including phenoxy) is 1. The summed E-state index contributed by atoms with van der Waals surface area (Å²) in [5, 5.41) is 7.54. The molecule has 0 amide bonds. The summed E-state index contributed by atoms with van der Waals surface area (Å²) in [5.74, 6) is 0.866. The zero-order valence-electron chi connectivity index (χ0n) is 16.8. The van der Waals surface area contributed by atoms with E-state index in [1.165, 1.54) is 0 Å². The lowest BCUT2D eigenvalue weighted by Gasteiger charge is -2.16. The molecule has 0 bridgehead atoms. The molecule has 1 aliphatic carbocycles. The van der Waals surface area contributed by atoms with Crippen LogP contribution in [0.25, 0.3) is 11.4 Å². The third-order valence-corrected chi connectivity index (χ3v) is 5.06. The largest absolute Gasteiger partial charge is 0.492 e. The Hall–Kier alpha value is -2.91. The van der Waals surface area contributed by atoms with Crippen molar-refractivity contribution < 1.29 is 27.0 Å². The molecule has 1 saturated carbocycles. The van der Waals surface area contributed by atoms with Crippen LogP contribution in [0.3, 0.4) is 0 Å². The van der Waals surface area contributed by atoms with E-state index in [1.54, 1.807) is 12.1 Å². The molecule has 2 aromatic heterocycles. The first kappa shape index (κ1) is 20.4. The maximum Gasteiger partial charge on any atom is 0.471 e. The Bertz CT molecular complexity index is 1020. The minimum absolute atomic E-state index is 0.0220. The van der Waals surface area contributed by atoms with Gasteiger partial charge in [-0.05, 0) is 56.4 Å². The molecule has 0 aliphatic heterocycles. The van der Waals surface area contributed by atoms with Crippen molar-refractivity contribution in [2.45, 2.75) is 58.0 Å². The van der Waals surface area contributed by atoms with Gasteiger partial charge in [0.25, 0.3) is 0 Å². The van der Waals surface area contributed by atoms with E-state index in [2.05, 4.69) is 24.8 Å². The molecule has 1 aromatic carbocycles. The van der Waals surface area contributed by atoms with Crippen LogP contribution in [0.15, 0.2) is 21.2 Å². The van der Waals surface area contributed by atoms with Gasteiger partial charge in [-0.15, -0.1) is 0 Å². The van der Waals surface area contributed by atoms with Crippen molar-refractivity contribution >= 4 is 0 Å². The molecule has 1 unspecified atom stereocenters. The Labute approximate surface area is 170 Å². The monoisotopic (exact) mass is 422 g/mol. The van der Waals surface area contributed by atoms with Crippen molar-refractivity contribution in [1.82, 2.24) is 20.3 Å². The van der Waals surface area contributed by atoms with Gasteiger partial charge >= 0.3 is 12.1 Å². The maximum absolute atomic E-state index is 12.7. The molecule has 0 radical (unpaired) electrons. The molecule has 0 spiro atoms. The Kier molecular flexibility index (Phi) is 5.25. The van der Waals surface area contributed by atoms with E-state index in [4.69, 9.17) is 9.26 Å². The fourth-order valence-electron chi connectivity index (χ4n) is 3.23. The third-order valence-electron chi connectivity index (χ3n) is 5.06. The van der Waals surface area contributed by atoms with Gasteiger partial charge in [-0.2, -0.15) is 23.1 Å². The first-order valence-corrected chi connectivity index (χ1v) is 9.75. The smallest absolute Gasteiger partial charge is 0.471 e. The first-order chi connectivity index (χ1) is 14.3. The van der Waals surface area contributed by atoms with Gasteiger partial charge in [-0.1, -0.05) is 17.2 Å². The van der Waals surface area contributed by atoms with Crippen LogP contribution in [0, 0.1) is 13.8 Å². The summed E-state index contributed by atoms with van der Waals surface area (Å²) in [5.41, 5.74) is 1.94. The van der Waals surface area contributed by atoms with E-state index in [-0.39, 0.29) is 11.7 Å². The van der Waals surface area contributed by atoms with Gasteiger partial charge in [0.05, 0.1) is 12.5 Å². The van der Waals surface area contributed by atoms with E-state index >= 15 is 0 Å². The van der Waals surface area contributed by atoms with E-state index in [9.17, 15) is 13.2 Å². The Morgan fingerprint density at radius 3 is 2.37 bits per heavy atom. The maximum atomic E-state index is 12.7. The summed E-state index contributed by atoms with van der Waals surface area (Å²) >= 11 is 0. The zero-order valence-corrected chi connectivity index (χ0v) is 16.8. The molecular formula is C20H21F3N4O3. The molecule has 2 heterocycles. The fourth-order valence-corrected chi connectivity index (χ4v) is 3.23. The van der Waals surface area contributed by atoms with Crippen molar-refractivity contribution in [3.8, 4) is 17.1 Å². The van der Waals surface area contributed by atoms with Crippen LogP contribution in [0.2, 0.25) is 0 Å². The lowest BCUT2D eigenvalue weighted by molar-refractivity contribution is -0.159. The minimum atomic E-state index is -4.68. The highest BCUT2D eigenvalue weighted by Gasteiger charge is 2.38. The number of rotatable bonds is 7. The van der Waals surface area contributed by atoms with Gasteiger partial charge in [0.1, 0.15) is 5.75 Å². The number of hydrogen-bond acceptors (Lipinski definition) is 7. The summed E-state index contributed by atoms with van der Waals surface area (Å²) in [6, 6.07) is 3.35. The number of nitrogens with zero attached hydrogens (tertiary/aromatic N) is 4. The fraction of sp³-hybridized carbons (Fsp3) is 0.500. The quantitative estimate of drug-likeness (QED) is 0.517. The Balaban J connectivity index is 1.49. The first-order valence-electron chi connectivity index (χ1n) is 9.75. The SMILES string of the molecule is CCC(COc1c(C)cc(-c2noc(C(F)(F)F)n2)cc1C)c1noc(C2CC2)n1. The van der Waals surface area contributed by atoms with Crippen molar-refractivity contribution in [3.63, 3.8) is 0 Å². The summed E-state index contributed by atoms with van der Waals surface area (Å²) in [7, 11) is 0. The van der Waals surface area contributed by atoms with Crippen LogP contribution in [-0.4, -0.2) is 26.9 Å². The van der Waals surface area contributed by atoms with Crippen LogP contribution in [0.5, 0.6) is 5.75 Å². The van der Waals surface area contributed by atoms with Crippen molar-refractivity contribution in [1.29, 1.82) is 0 Å². The molecule has 3 aromatic rings. The van der Waals surface area contributed by atoms with Gasteiger partial charge in [-0.3, -0.25) is 0 Å². The summed E-state index contributed by atoms with van der Waals surface area (Å²) < 4.78 is 53.8. The molecule has 1 fully saturated rings. The van der Waals surface area contributed by atoms with Crippen LogP contribution in [-0.2, 0) is 6.18 Å². The lowest BCUT2D eigenvalue weighted by atomic mass is 10.0. The Morgan fingerprint density at radius 1 is 1.10 bits per heavy atom. The second-order valence-electron chi connectivity index (χ2n) is 7.54. The van der Waals surface area contributed by atoms with Crippen LogP contribution in [0.1, 0.15) is 66.8 Å². The highest BCUT2D eigenvalue weighted by molar-refractivity contribution is 5.61. The van der Waals surface area contributed by atoms with Gasteiger partial charge in [0, 0.05) is 11.5 Å². The second-order valence-corrected chi connectivity index (χ2v) is 7.54. The molecule has 10 heteroatoms.